The number of rotatable bonds is 4. The van der Waals surface area contributed by atoms with Gasteiger partial charge in [0.05, 0.1) is 4.47 Å². The number of halogens is 2. The normalized spacial score (nSPS) is 20.0. The number of benzene rings is 1. The molecule has 0 amide bonds. The predicted octanol–water partition coefficient (Wildman–Crippen LogP) is 4.82. The Balaban J connectivity index is 1.97. The van der Waals surface area contributed by atoms with Crippen LogP contribution in [0.5, 0.6) is 0 Å². The van der Waals surface area contributed by atoms with Gasteiger partial charge in [-0.15, -0.1) is 0 Å². The topological polar surface area (TPSA) is 12.0 Å². The van der Waals surface area contributed by atoms with Crippen molar-refractivity contribution >= 4 is 15.9 Å². The Morgan fingerprint density at radius 1 is 1.28 bits per heavy atom. The second-order valence-corrected chi connectivity index (χ2v) is 6.25. The Morgan fingerprint density at radius 2 is 1.94 bits per heavy atom. The molecule has 0 saturated heterocycles. The van der Waals surface area contributed by atoms with Crippen molar-refractivity contribution in [2.75, 3.05) is 0 Å². The van der Waals surface area contributed by atoms with Crippen LogP contribution in [0.4, 0.5) is 4.39 Å². The number of hydrogen-bond acceptors (Lipinski definition) is 1. The number of hydrogen-bond donors (Lipinski definition) is 1. The third-order valence-corrected chi connectivity index (χ3v) is 4.67. The monoisotopic (exact) mass is 313 g/mol. The number of nitrogens with one attached hydrogen (secondary N) is 1. The van der Waals surface area contributed by atoms with E-state index in [1.165, 1.54) is 31.7 Å². The molecule has 0 spiro atoms. The van der Waals surface area contributed by atoms with Crippen LogP contribution in [0.2, 0.25) is 0 Å². The van der Waals surface area contributed by atoms with Crippen molar-refractivity contribution in [3.05, 3.63) is 34.1 Å². The first-order valence-electron chi connectivity index (χ1n) is 6.79. The molecule has 0 radical (unpaired) electrons. The lowest BCUT2D eigenvalue weighted by Crippen LogP contribution is -2.34. The highest BCUT2D eigenvalue weighted by Gasteiger charge is 2.22. The van der Waals surface area contributed by atoms with Gasteiger partial charge in [0, 0.05) is 12.1 Å². The van der Waals surface area contributed by atoms with Crippen molar-refractivity contribution in [3.8, 4) is 0 Å². The molecule has 1 unspecified atom stereocenters. The largest absolute Gasteiger partial charge is 0.307 e. The van der Waals surface area contributed by atoms with Gasteiger partial charge in [0.1, 0.15) is 5.82 Å². The summed E-state index contributed by atoms with van der Waals surface area (Å²) in [6.45, 7) is 4.41. The van der Waals surface area contributed by atoms with Crippen LogP contribution in [0, 0.1) is 11.7 Å². The zero-order valence-corrected chi connectivity index (χ0v) is 12.6. The van der Waals surface area contributed by atoms with Crippen LogP contribution in [0.25, 0.3) is 0 Å². The van der Waals surface area contributed by atoms with Crippen molar-refractivity contribution in [1.29, 1.82) is 0 Å². The lowest BCUT2D eigenvalue weighted by atomic mass is 9.98. The van der Waals surface area contributed by atoms with Crippen LogP contribution in [-0.4, -0.2) is 6.04 Å². The van der Waals surface area contributed by atoms with E-state index < -0.39 is 0 Å². The minimum Gasteiger partial charge on any atom is -0.307 e. The van der Waals surface area contributed by atoms with Gasteiger partial charge in [0.25, 0.3) is 0 Å². The van der Waals surface area contributed by atoms with Crippen LogP contribution < -0.4 is 5.32 Å². The fourth-order valence-corrected chi connectivity index (χ4v) is 3.26. The minimum absolute atomic E-state index is 0.199. The Bertz CT molecular complexity index is 401. The maximum absolute atomic E-state index is 13.2. The van der Waals surface area contributed by atoms with Gasteiger partial charge in [-0.1, -0.05) is 18.9 Å². The van der Waals surface area contributed by atoms with Crippen molar-refractivity contribution < 1.29 is 4.39 Å². The van der Waals surface area contributed by atoms with E-state index >= 15 is 0 Å². The molecule has 2 atom stereocenters. The fraction of sp³-hybridized carbons (Fsp3) is 0.600. The third-order valence-electron chi connectivity index (χ3n) is 4.06. The van der Waals surface area contributed by atoms with Crippen LogP contribution in [0.15, 0.2) is 22.7 Å². The first kappa shape index (κ1) is 14.0. The molecule has 1 N–H and O–H groups in total. The van der Waals surface area contributed by atoms with Crippen LogP contribution in [-0.2, 0) is 0 Å². The van der Waals surface area contributed by atoms with Crippen LogP contribution in [0.1, 0.15) is 51.1 Å². The summed E-state index contributed by atoms with van der Waals surface area (Å²) in [5.74, 6) is 0.603. The molecule has 1 nitrogen and oxygen atoms in total. The summed E-state index contributed by atoms with van der Waals surface area (Å²) in [6, 6.07) is 6.05. The molecule has 0 aromatic heterocycles. The molecule has 0 aliphatic heterocycles. The molecule has 18 heavy (non-hydrogen) atoms. The molecule has 1 fully saturated rings. The molecule has 1 saturated carbocycles. The van der Waals surface area contributed by atoms with Crippen LogP contribution in [0.3, 0.4) is 0 Å². The SMILES string of the molecule is CC(N[C@H](C)C1CCCC1)c1ccc(F)c(Br)c1. The van der Waals surface area contributed by atoms with Crippen molar-refractivity contribution in [1.82, 2.24) is 5.32 Å². The average molecular weight is 314 g/mol. The molecular formula is C15H21BrFN. The second kappa shape index (κ2) is 6.16. The Kier molecular flexibility index (Phi) is 4.79. The van der Waals surface area contributed by atoms with E-state index in [4.69, 9.17) is 0 Å². The van der Waals surface area contributed by atoms with Crippen molar-refractivity contribution in [3.63, 3.8) is 0 Å². The predicted molar refractivity (Wildman–Crippen MR) is 77.1 cm³/mol. The van der Waals surface area contributed by atoms with E-state index in [1.54, 1.807) is 0 Å². The summed E-state index contributed by atoms with van der Waals surface area (Å²) in [4.78, 5) is 0. The van der Waals surface area contributed by atoms with Gasteiger partial charge >= 0.3 is 0 Å². The van der Waals surface area contributed by atoms with E-state index in [-0.39, 0.29) is 11.9 Å². The maximum atomic E-state index is 13.2. The van der Waals surface area contributed by atoms with Gasteiger partial charge in [-0.25, -0.2) is 4.39 Å². The summed E-state index contributed by atoms with van der Waals surface area (Å²) in [6.07, 6.45) is 5.42. The lowest BCUT2D eigenvalue weighted by Gasteiger charge is -2.25. The molecule has 1 aromatic carbocycles. The minimum atomic E-state index is -0.199. The van der Waals surface area contributed by atoms with E-state index in [1.807, 2.05) is 12.1 Å². The smallest absolute Gasteiger partial charge is 0.137 e. The highest BCUT2D eigenvalue weighted by molar-refractivity contribution is 9.10. The molecule has 1 aliphatic rings. The fourth-order valence-electron chi connectivity index (χ4n) is 2.87. The van der Waals surface area contributed by atoms with E-state index in [0.29, 0.717) is 10.5 Å². The lowest BCUT2D eigenvalue weighted by molar-refractivity contribution is 0.352. The Labute approximate surface area is 117 Å². The summed E-state index contributed by atoms with van der Waals surface area (Å²) >= 11 is 3.24. The first-order valence-corrected chi connectivity index (χ1v) is 7.58. The summed E-state index contributed by atoms with van der Waals surface area (Å²) in [7, 11) is 0. The van der Waals surface area contributed by atoms with Gasteiger partial charge in [-0.05, 0) is 66.2 Å². The zero-order chi connectivity index (χ0) is 13.1. The Hall–Kier alpha value is -0.410. The molecular weight excluding hydrogens is 293 g/mol. The van der Waals surface area contributed by atoms with E-state index in [9.17, 15) is 4.39 Å². The van der Waals surface area contributed by atoms with Gasteiger partial charge in [0.2, 0.25) is 0 Å². The summed E-state index contributed by atoms with van der Waals surface area (Å²) < 4.78 is 13.7. The van der Waals surface area contributed by atoms with Crippen LogP contribution >= 0.6 is 15.9 Å². The molecule has 2 rings (SSSR count). The van der Waals surface area contributed by atoms with Gasteiger partial charge in [-0.2, -0.15) is 0 Å². The quantitative estimate of drug-likeness (QED) is 0.840. The zero-order valence-electron chi connectivity index (χ0n) is 11.0. The highest BCUT2D eigenvalue weighted by atomic mass is 79.9. The Morgan fingerprint density at radius 3 is 2.56 bits per heavy atom. The maximum Gasteiger partial charge on any atom is 0.137 e. The van der Waals surface area contributed by atoms with Crippen molar-refractivity contribution in [2.24, 2.45) is 5.92 Å². The molecule has 0 bridgehead atoms. The standard InChI is InChI=1S/C15H21BrFN/c1-10(12-5-3-4-6-12)18-11(2)13-7-8-15(17)14(16)9-13/h7-12,18H,3-6H2,1-2H3/t10-,11?/m1/s1. The van der Waals surface area contributed by atoms with Gasteiger partial charge in [-0.3, -0.25) is 0 Å². The summed E-state index contributed by atoms with van der Waals surface area (Å²) in [5, 5.41) is 3.64. The first-order chi connectivity index (χ1) is 8.58. The summed E-state index contributed by atoms with van der Waals surface area (Å²) in [5.41, 5.74) is 1.13. The second-order valence-electron chi connectivity index (χ2n) is 5.40. The molecule has 0 heterocycles. The molecule has 3 heteroatoms. The average Bonchev–Trinajstić information content (AvgIpc) is 2.86. The third kappa shape index (κ3) is 3.33. The van der Waals surface area contributed by atoms with E-state index in [2.05, 4.69) is 35.1 Å². The molecule has 100 valence electrons. The van der Waals surface area contributed by atoms with Gasteiger partial charge in [0.15, 0.2) is 0 Å². The van der Waals surface area contributed by atoms with Crippen molar-refractivity contribution in [2.45, 2.75) is 51.6 Å². The molecule has 1 aromatic rings. The molecule has 1 aliphatic carbocycles. The highest BCUT2D eigenvalue weighted by Crippen LogP contribution is 2.29. The van der Waals surface area contributed by atoms with E-state index in [0.717, 1.165) is 11.5 Å². The van der Waals surface area contributed by atoms with Gasteiger partial charge < -0.3 is 5.32 Å².